The van der Waals surface area contributed by atoms with E-state index < -0.39 is 0 Å². The monoisotopic (exact) mass is 206 g/mol. The number of aromatic nitrogens is 1. The third kappa shape index (κ3) is 2.55. The molecule has 0 spiro atoms. The summed E-state index contributed by atoms with van der Waals surface area (Å²) < 4.78 is 5.45. The Hall–Kier alpha value is -0.930. The molecule has 3 heteroatoms. The summed E-state index contributed by atoms with van der Waals surface area (Å²) in [6.45, 7) is 4.88. The van der Waals surface area contributed by atoms with Crippen LogP contribution in [0.3, 0.4) is 0 Å². The van der Waals surface area contributed by atoms with E-state index in [2.05, 4.69) is 23.3 Å². The number of pyridine rings is 1. The summed E-state index contributed by atoms with van der Waals surface area (Å²) in [5.74, 6) is 0.592. The van der Waals surface area contributed by atoms with Gasteiger partial charge in [-0.15, -0.1) is 0 Å². The van der Waals surface area contributed by atoms with E-state index in [1.165, 1.54) is 5.56 Å². The summed E-state index contributed by atoms with van der Waals surface area (Å²) in [7, 11) is 0. The van der Waals surface area contributed by atoms with E-state index in [0.717, 1.165) is 26.2 Å². The Kier molecular flexibility index (Phi) is 3.69. The molecule has 0 saturated carbocycles. The van der Waals surface area contributed by atoms with Gasteiger partial charge in [0, 0.05) is 31.0 Å². The Bertz CT molecular complexity index is 283. The molecule has 1 aliphatic rings. The standard InChI is InChI=1S/C12H18N2O/c1-2-14-12(11-5-7-15-9-11)10-4-3-6-13-8-10/h3-4,6,8,11-12,14H,2,5,7,9H2,1H3. The molecule has 1 aromatic rings. The van der Waals surface area contributed by atoms with E-state index in [-0.39, 0.29) is 0 Å². The number of ether oxygens (including phenoxy) is 1. The molecule has 1 saturated heterocycles. The fourth-order valence-electron chi connectivity index (χ4n) is 2.15. The fourth-order valence-corrected chi connectivity index (χ4v) is 2.15. The molecule has 3 nitrogen and oxygen atoms in total. The maximum absolute atomic E-state index is 5.45. The van der Waals surface area contributed by atoms with Crippen molar-refractivity contribution in [3.05, 3.63) is 30.1 Å². The SMILES string of the molecule is CCNC(c1cccnc1)C1CCOC1. The maximum atomic E-state index is 5.45. The van der Waals surface area contributed by atoms with Gasteiger partial charge >= 0.3 is 0 Å². The van der Waals surface area contributed by atoms with Gasteiger partial charge in [0.1, 0.15) is 0 Å². The lowest BCUT2D eigenvalue weighted by atomic mass is 9.93. The predicted molar refractivity (Wildman–Crippen MR) is 59.6 cm³/mol. The Morgan fingerprint density at radius 1 is 1.67 bits per heavy atom. The molecule has 82 valence electrons. The van der Waals surface area contributed by atoms with E-state index in [4.69, 9.17) is 4.74 Å². The Morgan fingerprint density at radius 2 is 2.60 bits per heavy atom. The van der Waals surface area contributed by atoms with Crippen LogP contribution in [-0.4, -0.2) is 24.7 Å². The molecular weight excluding hydrogens is 188 g/mol. The third-order valence-electron chi connectivity index (χ3n) is 2.90. The van der Waals surface area contributed by atoms with Crippen molar-refractivity contribution in [2.75, 3.05) is 19.8 Å². The highest BCUT2D eigenvalue weighted by Crippen LogP contribution is 2.27. The van der Waals surface area contributed by atoms with Crippen LogP contribution in [0.1, 0.15) is 24.9 Å². The van der Waals surface area contributed by atoms with Gasteiger partial charge in [0.2, 0.25) is 0 Å². The van der Waals surface area contributed by atoms with Crippen LogP contribution in [0.4, 0.5) is 0 Å². The summed E-state index contributed by atoms with van der Waals surface area (Å²) in [6.07, 6.45) is 4.91. The summed E-state index contributed by atoms with van der Waals surface area (Å²) in [6, 6.07) is 4.53. The highest BCUT2D eigenvalue weighted by molar-refractivity contribution is 5.15. The lowest BCUT2D eigenvalue weighted by molar-refractivity contribution is 0.177. The first-order valence-corrected chi connectivity index (χ1v) is 5.63. The molecule has 2 heterocycles. The minimum Gasteiger partial charge on any atom is -0.381 e. The Morgan fingerprint density at radius 3 is 3.20 bits per heavy atom. The average molecular weight is 206 g/mol. The first-order valence-electron chi connectivity index (χ1n) is 5.63. The normalized spacial score (nSPS) is 22.9. The zero-order valence-electron chi connectivity index (χ0n) is 9.15. The largest absolute Gasteiger partial charge is 0.381 e. The van der Waals surface area contributed by atoms with Crippen molar-refractivity contribution in [2.45, 2.75) is 19.4 Å². The van der Waals surface area contributed by atoms with Crippen LogP contribution in [0.25, 0.3) is 0 Å². The van der Waals surface area contributed by atoms with Gasteiger partial charge in [-0.2, -0.15) is 0 Å². The van der Waals surface area contributed by atoms with E-state index >= 15 is 0 Å². The van der Waals surface area contributed by atoms with Crippen molar-refractivity contribution < 1.29 is 4.74 Å². The molecule has 15 heavy (non-hydrogen) atoms. The first-order chi connectivity index (χ1) is 7.42. The zero-order chi connectivity index (χ0) is 10.5. The van der Waals surface area contributed by atoms with Crippen LogP contribution >= 0.6 is 0 Å². The second-order valence-corrected chi connectivity index (χ2v) is 3.95. The first kappa shape index (κ1) is 10.6. The second-order valence-electron chi connectivity index (χ2n) is 3.95. The van der Waals surface area contributed by atoms with Gasteiger partial charge in [-0.1, -0.05) is 13.0 Å². The number of nitrogens with zero attached hydrogens (tertiary/aromatic N) is 1. The van der Waals surface area contributed by atoms with Gasteiger partial charge in [0.15, 0.2) is 0 Å². The van der Waals surface area contributed by atoms with Crippen molar-refractivity contribution in [3.8, 4) is 0 Å². The number of rotatable bonds is 4. The van der Waals surface area contributed by atoms with E-state index in [9.17, 15) is 0 Å². The minimum atomic E-state index is 0.395. The third-order valence-corrected chi connectivity index (χ3v) is 2.90. The maximum Gasteiger partial charge on any atom is 0.0513 e. The van der Waals surface area contributed by atoms with Gasteiger partial charge in [0.25, 0.3) is 0 Å². The molecule has 1 fully saturated rings. The van der Waals surface area contributed by atoms with Crippen molar-refractivity contribution in [3.63, 3.8) is 0 Å². The highest BCUT2D eigenvalue weighted by Gasteiger charge is 2.26. The zero-order valence-corrected chi connectivity index (χ0v) is 9.15. The molecule has 0 bridgehead atoms. The molecule has 0 aromatic carbocycles. The summed E-state index contributed by atoms with van der Waals surface area (Å²) in [5.41, 5.74) is 1.27. The summed E-state index contributed by atoms with van der Waals surface area (Å²) in [4.78, 5) is 4.18. The highest BCUT2D eigenvalue weighted by atomic mass is 16.5. The smallest absolute Gasteiger partial charge is 0.0513 e. The molecule has 1 aliphatic heterocycles. The average Bonchev–Trinajstić information content (AvgIpc) is 2.80. The molecule has 0 aliphatic carbocycles. The second kappa shape index (κ2) is 5.24. The van der Waals surface area contributed by atoms with Gasteiger partial charge in [-0.25, -0.2) is 0 Å². The molecule has 0 amide bonds. The molecule has 1 N–H and O–H groups in total. The van der Waals surface area contributed by atoms with E-state index in [1.54, 1.807) is 0 Å². The van der Waals surface area contributed by atoms with E-state index in [1.807, 2.05) is 18.5 Å². The molecule has 2 unspecified atom stereocenters. The molecule has 2 atom stereocenters. The number of nitrogens with one attached hydrogen (secondary N) is 1. The molecule has 0 radical (unpaired) electrons. The molecular formula is C12H18N2O. The lowest BCUT2D eigenvalue weighted by Crippen LogP contribution is -2.28. The van der Waals surface area contributed by atoms with Crippen molar-refractivity contribution in [1.29, 1.82) is 0 Å². The fraction of sp³-hybridized carbons (Fsp3) is 0.583. The topological polar surface area (TPSA) is 34.2 Å². The number of hydrogen-bond donors (Lipinski definition) is 1. The van der Waals surface area contributed by atoms with Gasteiger partial charge in [-0.3, -0.25) is 4.98 Å². The van der Waals surface area contributed by atoms with Crippen LogP contribution in [0, 0.1) is 5.92 Å². The van der Waals surface area contributed by atoms with Crippen molar-refractivity contribution in [1.82, 2.24) is 10.3 Å². The summed E-state index contributed by atoms with van der Waals surface area (Å²) in [5, 5.41) is 3.52. The van der Waals surface area contributed by atoms with Crippen LogP contribution in [-0.2, 0) is 4.74 Å². The minimum absolute atomic E-state index is 0.395. The van der Waals surface area contributed by atoms with Crippen molar-refractivity contribution >= 4 is 0 Å². The van der Waals surface area contributed by atoms with Crippen LogP contribution in [0.5, 0.6) is 0 Å². The Labute approximate surface area is 90.9 Å². The van der Waals surface area contributed by atoms with Crippen molar-refractivity contribution in [2.24, 2.45) is 5.92 Å². The Balaban J connectivity index is 2.11. The quantitative estimate of drug-likeness (QED) is 0.815. The van der Waals surface area contributed by atoms with Gasteiger partial charge in [0.05, 0.1) is 6.61 Å². The molecule has 2 rings (SSSR count). The van der Waals surface area contributed by atoms with Gasteiger partial charge in [-0.05, 0) is 24.6 Å². The lowest BCUT2D eigenvalue weighted by Gasteiger charge is -2.23. The van der Waals surface area contributed by atoms with E-state index in [0.29, 0.717) is 12.0 Å². The molecule has 1 aromatic heterocycles. The summed E-state index contributed by atoms with van der Waals surface area (Å²) >= 11 is 0. The van der Waals surface area contributed by atoms with Gasteiger partial charge < -0.3 is 10.1 Å². The van der Waals surface area contributed by atoms with Crippen LogP contribution in [0.15, 0.2) is 24.5 Å². The number of hydrogen-bond acceptors (Lipinski definition) is 3. The predicted octanol–water partition coefficient (Wildman–Crippen LogP) is 1.77. The van der Waals surface area contributed by atoms with Crippen LogP contribution in [0.2, 0.25) is 0 Å². The van der Waals surface area contributed by atoms with Crippen LogP contribution < -0.4 is 5.32 Å².